The van der Waals surface area contributed by atoms with Gasteiger partial charge in [0.25, 0.3) is 11.5 Å². The summed E-state index contributed by atoms with van der Waals surface area (Å²) in [4.78, 5) is 34.6. The molecule has 1 heterocycles. The number of ether oxygens (including phenoxy) is 1. The van der Waals surface area contributed by atoms with Gasteiger partial charge < -0.3 is 15.8 Å². The molecule has 0 saturated carbocycles. The van der Waals surface area contributed by atoms with Gasteiger partial charge in [-0.1, -0.05) is 12.1 Å². The lowest BCUT2D eigenvalue weighted by atomic mass is 9.98. The number of hydrogen-bond acceptors (Lipinski definition) is 5. The average molecular weight is 344 g/mol. The second-order valence-electron chi connectivity index (χ2n) is 5.40. The number of rotatable bonds is 8. The molecule has 2 aromatic rings. The number of carbonyl (C=O) groups is 2. The topological polar surface area (TPSA) is 127 Å². The van der Waals surface area contributed by atoms with Gasteiger partial charge in [0.15, 0.2) is 0 Å². The van der Waals surface area contributed by atoms with Gasteiger partial charge in [-0.05, 0) is 37.1 Å². The summed E-state index contributed by atoms with van der Waals surface area (Å²) in [5.74, 6) is -0.818. The molecule has 1 aromatic heterocycles. The molecule has 132 valence electrons. The number of H-pyrrole nitrogens is 1. The molecule has 0 saturated heterocycles. The molecule has 0 aliphatic rings. The van der Waals surface area contributed by atoms with Crippen LogP contribution in [0.4, 0.5) is 0 Å². The highest BCUT2D eigenvalue weighted by Crippen LogP contribution is 2.15. The molecule has 25 heavy (non-hydrogen) atoms. The first-order valence-electron chi connectivity index (χ1n) is 7.84. The number of nitrogens with two attached hydrogens (primary N) is 1. The number of carbonyl (C=O) groups excluding carboxylic acids is 2. The number of primary amides is 1. The average Bonchev–Trinajstić information content (AvgIpc) is 2.60. The third-order valence-electron chi connectivity index (χ3n) is 3.54. The van der Waals surface area contributed by atoms with Gasteiger partial charge in [0.2, 0.25) is 5.91 Å². The van der Waals surface area contributed by atoms with Crippen molar-refractivity contribution >= 4 is 11.8 Å². The number of hydrogen-bond donors (Lipinski definition) is 3. The van der Waals surface area contributed by atoms with Crippen molar-refractivity contribution in [3.05, 3.63) is 58.0 Å². The lowest BCUT2D eigenvalue weighted by Crippen LogP contribution is -2.37. The summed E-state index contributed by atoms with van der Waals surface area (Å²) >= 11 is 0. The van der Waals surface area contributed by atoms with Crippen LogP contribution >= 0.6 is 0 Å². The maximum atomic E-state index is 12.0. The largest absolute Gasteiger partial charge is 0.494 e. The van der Waals surface area contributed by atoms with Crippen LogP contribution in [0, 0.1) is 5.92 Å². The summed E-state index contributed by atoms with van der Waals surface area (Å²) in [7, 11) is 0. The quantitative estimate of drug-likeness (QED) is 0.632. The van der Waals surface area contributed by atoms with Crippen LogP contribution in [0.1, 0.15) is 23.0 Å². The molecule has 2 amide bonds. The van der Waals surface area contributed by atoms with Crippen LogP contribution in [0.5, 0.6) is 5.75 Å². The van der Waals surface area contributed by atoms with Crippen LogP contribution in [0.15, 0.2) is 41.2 Å². The Bertz CT molecular complexity index is 765. The molecule has 0 aliphatic carbocycles. The first-order valence-corrected chi connectivity index (χ1v) is 7.84. The van der Waals surface area contributed by atoms with Crippen molar-refractivity contribution in [2.45, 2.75) is 13.3 Å². The molecule has 8 heteroatoms. The van der Waals surface area contributed by atoms with E-state index in [1.54, 1.807) is 0 Å². The minimum Gasteiger partial charge on any atom is -0.494 e. The molecule has 0 radical (unpaired) electrons. The first kappa shape index (κ1) is 18.2. The minimum atomic E-state index is -0.565. The summed E-state index contributed by atoms with van der Waals surface area (Å²) in [6.45, 7) is 2.55. The van der Waals surface area contributed by atoms with Crippen LogP contribution < -0.4 is 21.3 Å². The summed E-state index contributed by atoms with van der Waals surface area (Å²) in [5, 5.41) is 8.41. The normalized spacial score (nSPS) is 11.6. The van der Waals surface area contributed by atoms with E-state index in [4.69, 9.17) is 10.5 Å². The summed E-state index contributed by atoms with van der Waals surface area (Å²) < 4.78 is 5.37. The number of aromatic nitrogens is 2. The van der Waals surface area contributed by atoms with Crippen molar-refractivity contribution in [2.75, 3.05) is 13.2 Å². The summed E-state index contributed by atoms with van der Waals surface area (Å²) in [6.07, 6.45) is 0.390. The van der Waals surface area contributed by atoms with Crippen molar-refractivity contribution in [1.82, 2.24) is 15.5 Å². The van der Waals surface area contributed by atoms with Gasteiger partial charge in [-0.3, -0.25) is 14.4 Å². The summed E-state index contributed by atoms with van der Waals surface area (Å²) in [5.41, 5.74) is 5.99. The second-order valence-corrected chi connectivity index (χ2v) is 5.40. The van der Waals surface area contributed by atoms with Gasteiger partial charge >= 0.3 is 0 Å². The SMILES string of the molecule is CCOc1ccc(CC(CNC(=O)c2ccc(=O)[nH]n2)C(N)=O)cc1. The van der Waals surface area contributed by atoms with Crippen molar-refractivity contribution < 1.29 is 14.3 Å². The van der Waals surface area contributed by atoms with Crippen molar-refractivity contribution in [3.63, 3.8) is 0 Å². The monoisotopic (exact) mass is 344 g/mol. The van der Waals surface area contributed by atoms with Crippen LogP contribution in [-0.2, 0) is 11.2 Å². The smallest absolute Gasteiger partial charge is 0.271 e. The van der Waals surface area contributed by atoms with E-state index in [2.05, 4.69) is 15.5 Å². The van der Waals surface area contributed by atoms with Gasteiger partial charge in [0, 0.05) is 12.6 Å². The Morgan fingerprint density at radius 3 is 2.52 bits per heavy atom. The molecule has 1 aromatic carbocycles. The van der Waals surface area contributed by atoms with E-state index in [0.717, 1.165) is 11.3 Å². The predicted molar refractivity (Wildman–Crippen MR) is 91.2 cm³/mol. The van der Waals surface area contributed by atoms with Crippen LogP contribution in [-0.4, -0.2) is 35.2 Å². The number of nitrogens with one attached hydrogen (secondary N) is 2. The third kappa shape index (κ3) is 5.45. The lowest BCUT2D eigenvalue weighted by molar-refractivity contribution is -0.121. The fraction of sp³-hybridized carbons (Fsp3) is 0.294. The number of benzene rings is 1. The van der Waals surface area contributed by atoms with Gasteiger partial charge in [0.1, 0.15) is 11.4 Å². The highest BCUT2D eigenvalue weighted by atomic mass is 16.5. The summed E-state index contributed by atoms with van der Waals surface area (Å²) in [6, 6.07) is 9.85. The van der Waals surface area contributed by atoms with Crippen molar-refractivity contribution in [1.29, 1.82) is 0 Å². The molecule has 4 N–H and O–H groups in total. The molecule has 0 aliphatic heterocycles. The van der Waals surface area contributed by atoms with Crippen LogP contribution in [0.2, 0.25) is 0 Å². The number of aromatic amines is 1. The zero-order valence-corrected chi connectivity index (χ0v) is 13.8. The van der Waals surface area contributed by atoms with Crippen LogP contribution in [0.25, 0.3) is 0 Å². The fourth-order valence-corrected chi connectivity index (χ4v) is 2.22. The predicted octanol–water partition coefficient (Wildman–Crippen LogP) is 0.243. The van der Waals surface area contributed by atoms with E-state index in [0.29, 0.717) is 13.0 Å². The van der Waals surface area contributed by atoms with Crippen molar-refractivity contribution in [2.24, 2.45) is 11.7 Å². The Balaban J connectivity index is 1.96. The molecule has 8 nitrogen and oxygen atoms in total. The van der Waals surface area contributed by atoms with E-state index < -0.39 is 23.3 Å². The minimum absolute atomic E-state index is 0.0592. The van der Waals surface area contributed by atoms with Crippen LogP contribution in [0.3, 0.4) is 0 Å². The number of nitrogens with zero attached hydrogens (tertiary/aromatic N) is 1. The number of amides is 2. The maximum Gasteiger partial charge on any atom is 0.271 e. The molecular weight excluding hydrogens is 324 g/mol. The van der Waals surface area contributed by atoms with E-state index >= 15 is 0 Å². The van der Waals surface area contributed by atoms with Gasteiger partial charge in [-0.15, -0.1) is 0 Å². The molecule has 1 atom stereocenters. The Labute approximate surface area is 144 Å². The fourth-order valence-electron chi connectivity index (χ4n) is 2.22. The zero-order valence-electron chi connectivity index (χ0n) is 13.8. The Hall–Kier alpha value is -3.16. The van der Waals surface area contributed by atoms with Gasteiger partial charge in [0.05, 0.1) is 12.5 Å². The highest BCUT2D eigenvalue weighted by molar-refractivity contribution is 5.92. The first-order chi connectivity index (χ1) is 12.0. The Morgan fingerprint density at radius 1 is 1.24 bits per heavy atom. The van der Waals surface area contributed by atoms with E-state index in [-0.39, 0.29) is 12.2 Å². The zero-order chi connectivity index (χ0) is 18.2. The van der Waals surface area contributed by atoms with E-state index in [1.807, 2.05) is 31.2 Å². The molecular formula is C17H20N4O4. The second kappa shape index (κ2) is 8.62. The molecule has 0 fully saturated rings. The Morgan fingerprint density at radius 2 is 1.96 bits per heavy atom. The van der Waals surface area contributed by atoms with Gasteiger partial charge in [-0.2, -0.15) is 5.10 Å². The molecule has 1 unspecified atom stereocenters. The standard InChI is InChI=1S/C17H20N4O4/c1-2-25-13-5-3-11(4-6-13)9-12(16(18)23)10-19-17(24)14-7-8-15(22)21-20-14/h3-8,12H,2,9-10H2,1H3,(H2,18,23)(H,19,24)(H,21,22). The van der Waals surface area contributed by atoms with Crippen molar-refractivity contribution in [3.8, 4) is 5.75 Å². The van der Waals surface area contributed by atoms with E-state index in [1.165, 1.54) is 12.1 Å². The maximum absolute atomic E-state index is 12.0. The van der Waals surface area contributed by atoms with E-state index in [9.17, 15) is 14.4 Å². The Kier molecular flexibility index (Phi) is 6.27. The molecule has 0 spiro atoms. The highest BCUT2D eigenvalue weighted by Gasteiger charge is 2.18. The lowest BCUT2D eigenvalue weighted by Gasteiger charge is -2.14. The molecule has 0 bridgehead atoms. The van der Waals surface area contributed by atoms with Gasteiger partial charge in [-0.25, -0.2) is 5.10 Å². The third-order valence-corrected chi connectivity index (χ3v) is 3.54. The molecule has 2 rings (SSSR count).